The third kappa shape index (κ3) is 3.65. The van der Waals surface area contributed by atoms with Crippen molar-refractivity contribution in [3.63, 3.8) is 0 Å². The molecule has 1 amide bonds. The van der Waals surface area contributed by atoms with Gasteiger partial charge in [0.25, 0.3) is 5.91 Å². The third-order valence-electron chi connectivity index (χ3n) is 6.72. The SMILES string of the molecule is Cc1ccnc(C(=O)N2CCC3(CCC(COCC4CC4)N3C)CC2)c1. The predicted molar refractivity (Wildman–Crippen MR) is 101 cm³/mol. The molecule has 4 rings (SSSR count). The van der Waals surface area contributed by atoms with Crippen LogP contribution in [0.15, 0.2) is 18.3 Å². The number of pyridine rings is 1. The lowest BCUT2D eigenvalue weighted by Gasteiger charge is -2.45. The molecule has 2 saturated heterocycles. The zero-order chi connectivity index (χ0) is 18.1. The average Bonchev–Trinajstić information content (AvgIpc) is 3.43. The van der Waals surface area contributed by atoms with Crippen LogP contribution in [0.5, 0.6) is 0 Å². The van der Waals surface area contributed by atoms with Gasteiger partial charge in [-0.1, -0.05) is 0 Å². The number of aromatic nitrogens is 1. The molecule has 0 N–H and O–H groups in total. The Morgan fingerprint density at radius 2 is 2.00 bits per heavy atom. The van der Waals surface area contributed by atoms with Gasteiger partial charge in [0.2, 0.25) is 0 Å². The molecule has 5 heteroatoms. The second-order valence-corrected chi connectivity index (χ2v) is 8.52. The number of hydrogen-bond donors (Lipinski definition) is 0. The average molecular weight is 357 g/mol. The Morgan fingerprint density at radius 1 is 1.23 bits per heavy atom. The first-order valence-corrected chi connectivity index (χ1v) is 10.1. The fourth-order valence-corrected chi connectivity index (χ4v) is 4.59. The first kappa shape index (κ1) is 17.9. The number of rotatable bonds is 5. The minimum atomic E-state index is 0.0773. The number of carbonyl (C=O) groups is 1. The lowest BCUT2D eigenvalue weighted by atomic mass is 9.85. The van der Waals surface area contributed by atoms with Crippen molar-refractivity contribution in [2.24, 2.45) is 5.92 Å². The molecule has 26 heavy (non-hydrogen) atoms. The maximum Gasteiger partial charge on any atom is 0.272 e. The van der Waals surface area contributed by atoms with Gasteiger partial charge < -0.3 is 9.64 Å². The predicted octanol–water partition coefficient (Wildman–Crippen LogP) is 2.89. The van der Waals surface area contributed by atoms with Crippen molar-refractivity contribution >= 4 is 5.91 Å². The normalized spacial score (nSPS) is 25.8. The van der Waals surface area contributed by atoms with Crippen molar-refractivity contribution in [3.05, 3.63) is 29.6 Å². The summed E-state index contributed by atoms with van der Waals surface area (Å²) in [6.45, 7) is 5.47. The number of aryl methyl sites for hydroxylation is 1. The van der Waals surface area contributed by atoms with Crippen LogP contribution in [0.3, 0.4) is 0 Å². The van der Waals surface area contributed by atoms with E-state index in [1.807, 2.05) is 24.0 Å². The Bertz CT molecular complexity index is 650. The van der Waals surface area contributed by atoms with Gasteiger partial charge in [0.1, 0.15) is 5.69 Å². The summed E-state index contributed by atoms with van der Waals surface area (Å²) in [5, 5.41) is 0. The van der Waals surface area contributed by atoms with Crippen molar-refractivity contribution in [2.75, 3.05) is 33.4 Å². The summed E-state index contributed by atoms with van der Waals surface area (Å²) < 4.78 is 5.96. The molecule has 1 unspecified atom stereocenters. The molecule has 5 nitrogen and oxygen atoms in total. The maximum atomic E-state index is 12.7. The van der Waals surface area contributed by atoms with Crippen LogP contribution in [0, 0.1) is 12.8 Å². The smallest absolute Gasteiger partial charge is 0.272 e. The quantitative estimate of drug-likeness (QED) is 0.813. The molecule has 2 aliphatic heterocycles. The number of piperidine rings is 1. The molecule has 1 aromatic rings. The van der Waals surface area contributed by atoms with E-state index in [2.05, 4.69) is 16.9 Å². The lowest BCUT2D eigenvalue weighted by Crippen LogP contribution is -2.54. The van der Waals surface area contributed by atoms with Crippen molar-refractivity contribution in [1.29, 1.82) is 0 Å². The number of likely N-dealkylation sites (N-methyl/N-ethyl adjacent to an activating group) is 1. The van der Waals surface area contributed by atoms with Crippen LogP contribution in [0.4, 0.5) is 0 Å². The molecular weight excluding hydrogens is 326 g/mol. The van der Waals surface area contributed by atoms with Crippen LogP contribution >= 0.6 is 0 Å². The van der Waals surface area contributed by atoms with Crippen LogP contribution < -0.4 is 0 Å². The molecule has 0 bridgehead atoms. The van der Waals surface area contributed by atoms with E-state index in [0.29, 0.717) is 11.7 Å². The van der Waals surface area contributed by atoms with Crippen LogP contribution in [-0.4, -0.2) is 65.6 Å². The third-order valence-corrected chi connectivity index (χ3v) is 6.72. The second kappa shape index (κ2) is 7.28. The zero-order valence-electron chi connectivity index (χ0n) is 16.1. The summed E-state index contributed by atoms with van der Waals surface area (Å²) in [4.78, 5) is 21.6. The van der Waals surface area contributed by atoms with Crippen LogP contribution in [0.1, 0.15) is 54.6 Å². The van der Waals surface area contributed by atoms with Gasteiger partial charge in [0, 0.05) is 37.5 Å². The fraction of sp³-hybridized carbons (Fsp3) is 0.714. The molecule has 1 aromatic heterocycles. The molecule has 1 atom stereocenters. The van der Waals surface area contributed by atoms with Gasteiger partial charge in [-0.25, -0.2) is 0 Å². The van der Waals surface area contributed by atoms with Gasteiger partial charge in [0.15, 0.2) is 0 Å². The van der Waals surface area contributed by atoms with Crippen LogP contribution in [0.25, 0.3) is 0 Å². The van der Waals surface area contributed by atoms with Crippen molar-refractivity contribution in [2.45, 2.75) is 57.0 Å². The number of likely N-dealkylation sites (tertiary alicyclic amines) is 2. The Balaban J connectivity index is 1.31. The van der Waals surface area contributed by atoms with Gasteiger partial charge in [-0.05, 0) is 76.1 Å². The molecule has 3 aliphatic rings. The lowest BCUT2D eigenvalue weighted by molar-refractivity contribution is 0.0171. The number of hydrogen-bond acceptors (Lipinski definition) is 4. The Kier molecular flexibility index (Phi) is 5.02. The second-order valence-electron chi connectivity index (χ2n) is 8.52. The summed E-state index contributed by atoms with van der Waals surface area (Å²) >= 11 is 0. The van der Waals surface area contributed by atoms with Crippen LogP contribution in [0.2, 0.25) is 0 Å². The first-order valence-electron chi connectivity index (χ1n) is 10.1. The van der Waals surface area contributed by atoms with Crippen molar-refractivity contribution < 1.29 is 9.53 Å². The van der Waals surface area contributed by atoms with Crippen molar-refractivity contribution in [3.8, 4) is 0 Å². The molecule has 0 radical (unpaired) electrons. The van der Waals surface area contributed by atoms with E-state index in [1.54, 1.807) is 6.20 Å². The molecule has 0 aromatic carbocycles. The summed E-state index contributed by atoms with van der Waals surface area (Å²) in [5.74, 6) is 0.911. The van der Waals surface area contributed by atoms with Gasteiger partial charge in [-0.15, -0.1) is 0 Å². The Hall–Kier alpha value is -1.46. The Morgan fingerprint density at radius 3 is 2.69 bits per heavy atom. The fourth-order valence-electron chi connectivity index (χ4n) is 4.59. The number of ether oxygens (including phenoxy) is 1. The summed E-state index contributed by atoms with van der Waals surface area (Å²) in [5.41, 5.74) is 1.92. The summed E-state index contributed by atoms with van der Waals surface area (Å²) in [6, 6.07) is 4.36. The van der Waals surface area contributed by atoms with Gasteiger partial charge in [-0.3, -0.25) is 14.7 Å². The minimum absolute atomic E-state index is 0.0773. The van der Waals surface area contributed by atoms with Gasteiger partial charge >= 0.3 is 0 Å². The summed E-state index contributed by atoms with van der Waals surface area (Å²) in [7, 11) is 2.26. The highest BCUT2D eigenvalue weighted by molar-refractivity contribution is 5.92. The number of amides is 1. The molecule has 3 heterocycles. The van der Waals surface area contributed by atoms with E-state index in [9.17, 15) is 4.79 Å². The minimum Gasteiger partial charge on any atom is -0.380 e. The largest absolute Gasteiger partial charge is 0.380 e. The highest BCUT2D eigenvalue weighted by Gasteiger charge is 2.46. The van der Waals surface area contributed by atoms with E-state index in [0.717, 1.165) is 50.6 Å². The van der Waals surface area contributed by atoms with E-state index in [-0.39, 0.29) is 11.4 Å². The number of carbonyl (C=O) groups excluding carboxylic acids is 1. The number of nitrogens with zero attached hydrogens (tertiary/aromatic N) is 3. The standard InChI is InChI=1S/C21H31N3O2/c1-16-6-10-22-19(13-16)20(25)24-11-8-21(9-12-24)7-5-18(23(21)2)15-26-14-17-3-4-17/h6,10,13,17-18H,3-5,7-9,11-12,14-15H2,1-2H3. The molecule has 142 valence electrons. The van der Waals surface area contributed by atoms with E-state index >= 15 is 0 Å². The van der Waals surface area contributed by atoms with Gasteiger partial charge in [-0.2, -0.15) is 0 Å². The molecule has 3 fully saturated rings. The highest BCUT2D eigenvalue weighted by atomic mass is 16.5. The highest BCUT2D eigenvalue weighted by Crippen LogP contribution is 2.41. The van der Waals surface area contributed by atoms with Gasteiger partial charge in [0.05, 0.1) is 6.61 Å². The zero-order valence-corrected chi connectivity index (χ0v) is 16.1. The Labute approximate surface area is 156 Å². The molecule has 1 aliphatic carbocycles. The van der Waals surface area contributed by atoms with E-state index in [1.165, 1.54) is 25.7 Å². The van der Waals surface area contributed by atoms with Crippen molar-refractivity contribution in [1.82, 2.24) is 14.8 Å². The van der Waals surface area contributed by atoms with E-state index in [4.69, 9.17) is 4.74 Å². The molecular formula is C21H31N3O2. The first-order chi connectivity index (χ1) is 12.6. The molecule has 1 spiro atoms. The monoisotopic (exact) mass is 357 g/mol. The molecule has 1 saturated carbocycles. The summed E-state index contributed by atoms with van der Waals surface area (Å²) in [6.07, 6.45) is 8.99. The van der Waals surface area contributed by atoms with Crippen LogP contribution in [-0.2, 0) is 4.74 Å². The maximum absolute atomic E-state index is 12.7. The topological polar surface area (TPSA) is 45.7 Å². The van der Waals surface area contributed by atoms with E-state index < -0.39 is 0 Å².